The van der Waals surface area contributed by atoms with Gasteiger partial charge >= 0.3 is 0 Å². The lowest BCUT2D eigenvalue weighted by molar-refractivity contribution is 0.0917. The third-order valence-corrected chi connectivity index (χ3v) is 4.84. The van der Waals surface area contributed by atoms with Gasteiger partial charge in [0.15, 0.2) is 0 Å². The molecule has 0 amide bonds. The van der Waals surface area contributed by atoms with Crippen molar-refractivity contribution in [1.29, 1.82) is 0 Å². The number of nitrogens with two attached hydrogens (primary N) is 1. The second kappa shape index (κ2) is 5.41. The van der Waals surface area contributed by atoms with Gasteiger partial charge < -0.3 is 5.73 Å². The molecule has 1 fully saturated rings. The van der Waals surface area contributed by atoms with Gasteiger partial charge in [-0.1, -0.05) is 44.2 Å². The SMILES string of the molecule is CC(C)C(C)(CN)N1CCC(c2ccccc2)C1. The first-order chi connectivity index (χ1) is 8.58. The zero-order valence-electron chi connectivity index (χ0n) is 11.9. The second-order valence-electron chi connectivity index (χ2n) is 6.06. The lowest BCUT2D eigenvalue weighted by Gasteiger charge is -2.41. The normalized spacial score (nSPS) is 24.4. The van der Waals surface area contributed by atoms with Crippen molar-refractivity contribution < 1.29 is 0 Å². The zero-order valence-corrected chi connectivity index (χ0v) is 11.9. The van der Waals surface area contributed by atoms with Crippen molar-refractivity contribution in [3.63, 3.8) is 0 Å². The average Bonchev–Trinajstić information content (AvgIpc) is 2.88. The van der Waals surface area contributed by atoms with E-state index in [-0.39, 0.29) is 5.54 Å². The van der Waals surface area contributed by atoms with Gasteiger partial charge in [0.1, 0.15) is 0 Å². The van der Waals surface area contributed by atoms with Crippen LogP contribution in [-0.2, 0) is 0 Å². The standard InChI is InChI=1S/C16H26N2/c1-13(2)16(3,12-17)18-10-9-15(11-18)14-7-5-4-6-8-14/h4-8,13,15H,9-12,17H2,1-3H3. The summed E-state index contributed by atoms with van der Waals surface area (Å²) < 4.78 is 0. The van der Waals surface area contributed by atoms with E-state index >= 15 is 0 Å². The fraction of sp³-hybridized carbons (Fsp3) is 0.625. The van der Waals surface area contributed by atoms with Crippen molar-refractivity contribution in [2.24, 2.45) is 11.7 Å². The van der Waals surface area contributed by atoms with Crippen LogP contribution >= 0.6 is 0 Å². The molecule has 1 aromatic carbocycles. The average molecular weight is 246 g/mol. The highest BCUT2D eigenvalue weighted by Gasteiger charge is 2.38. The molecule has 100 valence electrons. The van der Waals surface area contributed by atoms with E-state index in [0.29, 0.717) is 11.8 Å². The Bertz CT molecular complexity index is 374. The molecule has 2 atom stereocenters. The highest BCUT2D eigenvalue weighted by molar-refractivity contribution is 5.21. The van der Waals surface area contributed by atoms with Crippen LogP contribution in [-0.4, -0.2) is 30.1 Å². The molecule has 0 bridgehead atoms. The lowest BCUT2D eigenvalue weighted by Crippen LogP contribution is -2.54. The van der Waals surface area contributed by atoms with Crippen LogP contribution in [0.25, 0.3) is 0 Å². The summed E-state index contributed by atoms with van der Waals surface area (Å²) in [5.41, 5.74) is 7.65. The van der Waals surface area contributed by atoms with E-state index in [9.17, 15) is 0 Å². The number of hydrogen-bond donors (Lipinski definition) is 1. The van der Waals surface area contributed by atoms with Crippen LogP contribution in [0.3, 0.4) is 0 Å². The molecule has 1 aromatic rings. The molecule has 1 aliphatic heterocycles. The maximum absolute atomic E-state index is 6.03. The largest absolute Gasteiger partial charge is 0.329 e. The maximum atomic E-state index is 6.03. The first-order valence-electron chi connectivity index (χ1n) is 7.08. The van der Waals surface area contributed by atoms with Crippen molar-refractivity contribution >= 4 is 0 Å². The van der Waals surface area contributed by atoms with Gasteiger partial charge in [0, 0.05) is 18.6 Å². The Balaban J connectivity index is 2.09. The number of hydrogen-bond acceptors (Lipinski definition) is 2. The van der Waals surface area contributed by atoms with Crippen LogP contribution in [0.1, 0.15) is 38.7 Å². The second-order valence-corrected chi connectivity index (χ2v) is 6.06. The third kappa shape index (κ3) is 2.45. The summed E-state index contributed by atoms with van der Waals surface area (Å²) in [5, 5.41) is 0. The minimum Gasteiger partial charge on any atom is -0.329 e. The summed E-state index contributed by atoms with van der Waals surface area (Å²) in [6.45, 7) is 9.93. The van der Waals surface area contributed by atoms with Crippen LogP contribution in [0, 0.1) is 5.92 Å². The molecule has 18 heavy (non-hydrogen) atoms. The van der Waals surface area contributed by atoms with Crippen LogP contribution in [0.15, 0.2) is 30.3 Å². The van der Waals surface area contributed by atoms with Crippen LogP contribution in [0.2, 0.25) is 0 Å². The van der Waals surface area contributed by atoms with E-state index in [1.54, 1.807) is 0 Å². The fourth-order valence-electron chi connectivity index (χ4n) is 2.95. The molecule has 0 radical (unpaired) electrons. The molecule has 1 heterocycles. The Morgan fingerprint density at radius 3 is 2.56 bits per heavy atom. The molecule has 2 nitrogen and oxygen atoms in total. The van der Waals surface area contributed by atoms with Crippen molar-refractivity contribution in [3.8, 4) is 0 Å². The van der Waals surface area contributed by atoms with E-state index < -0.39 is 0 Å². The molecule has 1 saturated heterocycles. The highest BCUT2D eigenvalue weighted by Crippen LogP contribution is 2.34. The van der Waals surface area contributed by atoms with Gasteiger partial charge in [0.05, 0.1) is 0 Å². The van der Waals surface area contributed by atoms with Gasteiger partial charge in [-0.15, -0.1) is 0 Å². The topological polar surface area (TPSA) is 29.3 Å². The van der Waals surface area contributed by atoms with Gasteiger partial charge in [-0.05, 0) is 37.3 Å². The summed E-state index contributed by atoms with van der Waals surface area (Å²) in [6, 6.07) is 10.9. The predicted octanol–water partition coefficient (Wildman–Crippen LogP) is 2.85. The highest BCUT2D eigenvalue weighted by atomic mass is 15.2. The van der Waals surface area contributed by atoms with Crippen molar-refractivity contribution in [2.45, 2.75) is 38.6 Å². The molecule has 2 N–H and O–H groups in total. The van der Waals surface area contributed by atoms with Crippen molar-refractivity contribution in [3.05, 3.63) is 35.9 Å². The number of likely N-dealkylation sites (tertiary alicyclic amines) is 1. The molecular formula is C16H26N2. The van der Waals surface area contributed by atoms with Gasteiger partial charge in [-0.2, -0.15) is 0 Å². The zero-order chi connectivity index (χ0) is 13.2. The first kappa shape index (κ1) is 13.6. The molecule has 0 aromatic heterocycles. The number of nitrogens with zero attached hydrogens (tertiary/aromatic N) is 1. The van der Waals surface area contributed by atoms with Gasteiger partial charge in [0.25, 0.3) is 0 Å². The van der Waals surface area contributed by atoms with E-state index in [1.807, 2.05) is 0 Å². The van der Waals surface area contributed by atoms with E-state index in [0.717, 1.165) is 13.1 Å². The van der Waals surface area contributed by atoms with Crippen LogP contribution in [0.4, 0.5) is 0 Å². The molecule has 2 unspecified atom stereocenters. The predicted molar refractivity (Wildman–Crippen MR) is 77.7 cm³/mol. The molecule has 0 aliphatic carbocycles. The third-order valence-electron chi connectivity index (χ3n) is 4.84. The smallest absolute Gasteiger partial charge is 0.0326 e. The molecule has 0 saturated carbocycles. The molecule has 2 rings (SSSR count). The lowest BCUT2D eigenvalue weighted by atomic mass is 9.86. The van der Waals surface area contributed by atoms with Crippen LogP contribution in [0.5, 0.6) is 0 Å². The number of rotatable bonds is 4. The monoisotopic (exact) mass is 246 g/mol. The summed E-state index contributed by atoms with van der Waals surface area (Å²) in [6.07, 6.45) is 1.26. The van der Waals surface area contributed by atoms with Crippen LogP contribution < -0.4 is 5.73 Å². The van der Waals surface area contributed by atoms with Gasteiger partial charge in [-0.3, -0.25) is 4.90 Å². The quantitative estimate of drug-likeness (QED) is 0.885. The Labute approximate surface area is 111 Å². The van der Waals surface area contributed by atoms with E-state index in [4.69, 9.17) is 5.73 Å². The first-order valence-corrected chi connectivity index (χ1v) is 7.08. The summed E-state index contributed by atoms with van der Waals surface area (Å²) in [4.78, 5) is 2.59. The van der Waals surface area contributed by atoms with E-state index in [2.05, 4.69) is 56.0 Å². The summed E-state index contributed by atoms with van der Waals surface area (Å²) in [7, 11) is 0. The maximum Gasteiger partial charge on any atom is 0.0326 e. The van der Waals surface area contributed by atoms with E-state index in [1.165, 1.54) is 18.5 Å². The number of benzene rings is 1. The Kier molecular flexibility index (Phi) is 4.08. The van der Waals surface area contributed by atoms with Gasteiger partial charge in [-0.25, -0.2) is 0 Å². The van der Waals surface area contributed by atoms with Crippen molar-refractivity contribution in [1.82, 2.24) is 4.90 Å². The summed E-state index contributed by atoms with van der Waals surface area (Å²) in [5.74, 6) is 1.27. The molecule has 1 aliphatic rings. The summed E-state index contributed by atoms with van der Waals surface area (Å²) >= 11 is 0. The minimum atomic E-state index is 0.142. The minimum absolute atomic E-state index is 0.142. The van der Waals surface area contributed by atoms with Crippen molar-refractivity contribution in [2.75, 3.05) is 19.6 Å². The molecular weight excluding hydrogens is 220 g/mol. The molecule has 0 spiro atoms. The fourth-order valence-corrected chi connectivity index (χ4v) is 2.95. The molecule has 2 heteroatoms. The Hall–Kier alpha value is -0.860. The Morgan fingerprint density at radius 1 is 1.33 bits per heavy atom. The van der Waals surface area contributed by atoms with Gasteiger partial charge in [0.2, 0.25) is 0 Å². The Morgan fingerprint density at radius 2 is 2.00 bits per heavy atom.